The molecular formula is C15H20N4O3S. The molecule has 0 aliphatic rings. The Balaban J connectivity index is 2.05. The van der Waals surface area contributed by atoms with E-state index in [1.165, 1.54) is 0 Å². The smallest absolute Gasteiger partial charge is 0.243 e. The maximum atomic E-state index is 12.3. The first-order valence-electron chi connectivity index (χ1n) is 7.17. The Morgan fingerprint density at radius 2 is 2.04 bits per heavy atom. The van der Waals surface area contributed by atoms with Crippen molar-refractivity contribution in [3.63, 3.8) is 0 Å². The lowest BCUT2D eigenvalue weighted by Gasteiger charge is -2.28. The minimum absolute atomic E-state index is 0.348. The zero-order valence-electron chi connectivity index (χ0n) is 13.1. The topological polar surface area (TPSA) is 84.3 Å². The zero-order chi connectivity index (χ0) is 16.9. The predicted octanol–water partition coefficient (Wildman–Crippen LogP) is 0.854. The van der Waals surface area contributed by atoms with E-state index in [-0.39, 0.29) is 5.91 Å². The third-order valence-corrected chi connectivity index (χ3v) is 4.57. The van der Waals surface area contributed by atoms with E-state index in [1.807, 2.05) is 4.57 Å². The minimum Gasteiger partial charge on any atom is -0.352 e. The summed E-state index contributed by atoms with van der Waals surface area (Å²) in [5.74, 6) is -0.348. The number of rotatable bonds is 7. The van der Waals surface area contributed by atoms with Crippen LogP contribution in [0.5, 0.6) is 0 Å². The third-order valence-electron chi connectivity index (χ3n) is 3.33. The molecule has 0 saturated carbocycles. The summed E-state index contributed by atoms with van der Waals surface area (Å²) in [7, 11) is -3.57. The summed E-state index contributed by atoms with van der Waals surface area (Å²) in [5, 5.41) is 2.75. The maximum absolute atomic E-state index is 12.3. The lowest BCUT2D eigenvalue weighted by Crippen LogP contribution is -2.48. The molecular weight excluding hydrogens is 316 g/mol. The van der Waals surface area contributed by atoms with Crippen molar-refractivity contribution in [2.24, 2.45) is 0 Å². The van der Waals surface area contributed by atoms with Crippen molar-refractivity contribution in [3.05, 3.63) is 49.1 Å². The number of hydrogen-bond donors (Lipinski definition) is 1. The standard InChI is InChI=1S/C15H20N4O3S/c1-13(15(20)17-9-11-18-10-8-16-12-18)19(23(2,21)22)14-6-4-3-5-7-14/h3-8,10,12-13H,9,11H2,1-2H3,(H,17,20)/t13-/m1/s1. The summed E-state index contributed by atoms with van der Waals surface area (Å²) in [6.07, 6.45) is 6.20. The first-order valence-corrected chi connectivity index (χ1v) is 9.02. The van der Waals surface area contributed by atoms with Gasteiger partial charge in [-0.3, -0.25) is 9.10 Å². The van der Waals surface area contributed by atoms with Crippen molar-refractivity contribution < 1.29 is 13.2 Å². The van der Waals surface area contributed by atoms with Gasteiger partial charge in [-0.2, -0.15) is 0 Å². The minimum atomic E-state index is -3.57. The van der Waals surface area contributed by atoms with Crippen LogP contribution in [0, 0.1) is 0 Å². The lowest BCUT2D eigenvalue weighted by molar-refractivity contribution is -0.121. The maximum Gasteiger partial charge on any atom is 0.243 e. The van der Waals surface area contributed by atoms with E-state index in [9.17, 15) is 13.2 Å². The second kappa shape index (κ2) is 7.28. The van der Waals surface area contributed by atoms with Gasteiger partial charge in [0.2, 0.25) is 15.9 Å². The Hall–Kier alpha value is -2.35. The van der Waals surface area contributed by atoms with Gasteiger partial charge in [0.15, 0.2) is 0 Å². The molecule has 0 bridgehead atoms. The molecule has 2 aromatic rings. The molecule has 0 radical (unpaired) electrons. The van der Waals surface area contributed by atoms with Gasteiger partial charge in [0.05, 0.1) is 18.3 Å². The fourth-order valence-corrected chi connectivity index (χ4v) is 3.43. The van der Waals surface area contributed by atoms with Gasteiger partial charge in [-0.25, -0.2) is 13.4 Å². The summed E-state index contributed by atoms with van der Waals surface area (Å²) >= 11 is 0. The van der Waals surface area contributed by atoms with E-state index in [0.717, 1.165) is 10.6 Å². The Labute approximate surface area is 136 Å². The molecule has 0 fully saturated rings. The molecule has 1 aromatic heterocycles. The Bertz CT molecular complexity index is 729. The highest BCUT2D eigenvalue weighted by Crippen LogP contribution is 2.20. The molecule has 0 aliphatic heterocycles. The predicted molar refractivity (Wildman–Crippen MR) is 88.5 cm³/mol. The fraction of sp³-hybridized carbons (Fsp3) is 0.333. The second-order valence-electron chi connectivity index (χ2n) is 5.16. The molecule has 1 N–H and O–H groups in total. The van der Waals surface area contributed by atoms with Crippen molar-refractivity contribution in [2.75, 3.05) is 17.1 Å². The first kappa shape index (κ1) is 17.0. The highest BCUT2D eigenvalue weighted by molar-refractivity contribution is 7.92. The zero-order valence-corrected chi connectivity index (χ0v) is 13.9. The summed E-state index contributed by atoms with van der Waals surface area (Å²) < 4.78 is 27.1. The normalized spacial score (nSPS) is 12.6. The molecule has 23 heavy (non-hydrogen) atoms. The van der Waals surface area contributed by atoms with E-state index >= 15 is 0 Å². The molecule has 1 aromatic carbocycles. The molecule has 7 nitrogen and oxygen atoms in total. The van der Waals surface area contributed by atoms with Crippen LogP contribution in [0.25, 0.3) is 0 Å². The van der Waals surface area contributed by atoms with Crippen molar-refractivity contribution in [2.45, 2.75) is 19.5 Å². The molecule has 0 saturated heterocycles. The quantitative estimate of drug-likeness (QED) is 0.812. The number of anilines is 1. The van der Waals surface area contributed by atoms with Gasteiger partial charge in [-0.1, -0.05) is 18.2 Å². The average Bonchev–Trinajstić information content (AvgIpc) is 3.00. The number of carbonyl (C=O) groups excluding carboxylic acids is 1. The van der Waals surface area contributed by atoms with Gasteiger partial charge in [0.25, 0.3) is 0 Å². The van der Waals surface area contributed by atoms with Crippen LogP contribution in [-0.2, 0) is 21.4 Å². The summed E-state index contributed by atoms with van der Waals surface area (Å²) in [4.78, 5) is 16.2. The van der Waals surface area contributed by atoms with E-state index in [1.54, 1.807) is 56.0 Å². The van der Waals surface area contributed by atoms with E-state index in [4.69, 9.17) is 0 Å². The molecule has 1 atom stereocenters. The molecule has 0 spiro atoms. The number of aromatic nitrogens is 2. The van der Waals surface area contributed by atoms with Crippen LogP contribution in [0.15, 0.2) is 49.1 Å². The Kier molecular flexibility index (Phi) is 5.38. The molecule has 124 valence electrons. The number of imidazole rings is 1. The highest BCUT2D eigenvalue weighted by atomic mass is 32.2. The number of hydrogen-bond acceptors (Lipinski definition) is 4. The van der Waals surface area contributed by atoms with Crippen molar-refractivity contribution in [3.8, 4) is 0 Å². The highest BCUT2D eigenvalue weighted by Gasteiger charge is 2.28. The molecule has 0 aliphatic carbocycles. The van der Waals surface area contributed by atoms with Crippen molar-refractivity contribution in [1.29, 1.82) is 0 Å². The van der Waals surface area contributed by atoms with Crippen molar-refractivity contribution in [1.82, 2.24) is 14.9 Å². The Morgan fingerprint density at radius 3 is 2.61 bits per heavy atom. The molecule has 1 amide bonds. The number of amides is 1. The average molecular weight is 336 g/mol. The van der Waals surface area contributed by atoms with E-state index in [0.29, 0.717) is 18.8 Å². The van der Waals surface area contributed by atoms with E-state index < -0.39 is 16.1 Å². The van der Waals surface area contributed by atoms with Crippen LogP contribution in [-0.4, -0.2) is 42.7 Å². The molecule has 8 heteroatoms. The SMILES string of the molecule is C[C@H](C(=O)NCCn1ccnc1)N(c1ccccc1)S(C)(=O)=O. The monoisotopic (exact) mass is 336 g/mol. The van der Waals surface area contributed by atoms with Crippen LogP contribution in [0.4, 0.5) is 5.69 Å². The Morgan fingerprint density at radius 1 is 1.35 bits per heavy atom. The lowest BCUT2D eigenvalue weighted by atomic mass is 10.2. The van der Waals surface area contributed by atoms with Gasteiger partial charge in [0, 0.05) is 25.5 Å². The summed E-state index contributed by atoms with van der Waals surface area (Å²) in [6.45, 7) is 2.54. The largest absolute Gasteiger partial charge is 0.352 e. The second-order valence-corrected chi connectivity index (χ2v) is 7.02. The van der Waals surface area contributed by atoms with Crippen LogP contribution in [0.3, 0.4) is 0 Å². The number of para-hydroxylation sites is 1. The van der Waals surface area contributed by atoms with Crippen LogP contribution in [0.1, 0.15) is 6.92 Å². The number of nitrogens with zero attached hydrogens (tertiary/aromatic N) is 3. The number of sulfonamides is 1. The van der Waals surface area contributed by atoms with Crippen molar-refractivity contribution >= 4 is 21.6 Å². The molecule has 2 rings (SSSR count). The number of nitrogens with one attached hydrogen (secondary N) is 1. The summed E-state index contributed by atoms with van der Waals surface area (Å²) in [6, 6.07) is 7.75. The van der Waals surface area contributed by atoms with Gasteiger partial charge < -0.3 is 9.88 Å². The fourth-order valence-electron chi connectivity index (χ4n) is 2.26. The van der Waals surface area contributed by atoms with Crippen LogP contribution >= 0.6 is 0 Å². The van der Waals surface area contributed by atoms with Gasteiger partial charge in [0.1, 0.15) is 6.04 Å². The van der Waals surface area contributed by atoms with Crippen LogP contribution in [0.2, 0.25) is 0 Å². The van der Waals surface area contributed by atoms with E-state index in [2.05, 4.69) is 10.3 Å². The number of benzene rings is 1. The molecule has 1 heterocycles. The molecule has 0 unspecified atom stereocenters. The summed E-state index contributed by atoms with van der Waals surface area (Å²) in [5.41, 5.74) is 0.465. The number of carbonyl (C=O) groups is 1. The van der Waals surface area contributed by atoms with Gasteiger partial charge in [-0.05, 0) is 19.1 Å². The van der Waals surface area contributed by atoms with Crippen LogP contribution < -0.4 is 9.62 Å². The van der Waals surface area contributed by atoms with Gasteiger partial charge in [-0.15, -0.1) is 0 Å². The third kappa shape index (κ3) is 4.56. The van der Waals surface area contributed by atoms with Gasteiger partial charge >= 0.3 is 0 Å². The first-order chi connectivity index (χ1) is 10.9.